The molecule has 2 N–H and O–H groups in total. The summed E-state index contributed by atoms with van der Waals surface area (Å²) in [6.07, 6.45) is 3.44. The maximum absolute atomic E-state index is 11.8. The van der Waals surface area contributed by atoms with Gasteiger partial charge >= 0.3 is 6.09 Å². The van der Waals surface area contributed by atoms with E-state index in [-0.39, 0.29) is 12.1 Å². The van der Waals surface area contributed by atoms with Crippen LogP contribution in [0.25, 0.3) is 11.2 Å². The van der Waals surface area contributed by atoms with E-state index in [0.717, 1.165) is 30.9 Å². The van der Waals surface area contributed by atoms with Gasteiger partial charge in [0, 0.05) is 25.3 Å². The van der Waals surface area contributed by atoms with Crippen LogP contribution >= 0.6 is 0 Å². The van der Waals surface area contributed by atoms with Crippen LogP contribution in [0.3, 0.4) is 0 Å². The Labute approximate surface area is 135 Å². The number of alkyl carbamates (subject to hydrolysis) is 1. The summed E-state index contributed by atoms with van der Waals surface area (Å²) in [5.41, 5.74) is 1.16. The van der Waals surface area contributed by atoms with Crippen molar-refractivity contribution in [3.63, 3.8) is 0 Å². The Morgan fingerprint density at radius 2 is 2.35 bits per heavy atom. The van der Waals surface area contributed by atoms with Crippen molar-refractivity contribution in [2.75, 3.05) is 18.0 Å². The summed E-state index contributed by atoms with van der Waals surface area (Å²) >= 11 is 0. The van der Waals surface area contributed by atoms with E-state index in [2.05, 4.69) is 25.2 Å². The molecule has 1 aliphatic rings. The quantitative estimate of drug-likeness (QED) is 0.908. The average Bonchev–Trinajstić information content (AvgIpc) is 3.09. The number of H-pyrrole nitrogens is 1. The molecule has 124 valence electrons. The molecule has 23 heavy (non-hydrogen) atoms. The lowest BCUT2D eigenvalue weighted by atomic mass is 10.2. The van der Waals surface area contributed by atoms with Crippen molar-refractivity contribution in [1.29, 1.82) is 0 Å². The van der Waals surface area contributed by atoms with Crippen LogP contribution in [0.2, 0.25) is 0 Å². The van der Waals surface area contributed by atoms with Crippen molar-refractivity contribution in [2.45, 2.75) is 45.3 Å². The Hall–Kier alpha value is -2.31. The highest BCUT2D eigenvalue weighted by Gasteiger charge is 2.28. The molecule has 0 aromatic carbocycles. The number of amides is 1. The van der Waals surface area contributed by atoms with Crippen LogP contribution in [-0.2, 0) is 4.74 Å². The maximum atomic E-state index is 11.8. The predicted molar refractivity (Wildman–Crippen MR) is 88.5 cm³/mol. The summed E-state index contributed by atoms with van der Waals surface area (Å²) in [6.45, 7) is 7.03. The molecule has 0 saturated carbocycles. The van der Waals surface area contributed by atoms with Gasteiger partial charge in [0.15, 0.2) is 5.65 Å². The van der Waals surface area contributed by atoms with E-state index in [1.807, 2.05) is 32.9 Å². The van der Waals surface area contributed by atoms with Gasteiger partial charge in [-0.3, -0.25) is 0 Å². The number of fused-ring (bicyclic) bond motifs is 1. The lowest BCUT2D eigenvalue weighted by molar-refractivity contribution is 0.0525. The van der Waals surface area contributed by atoms with Crippen molar-refractivity contribution in [1.82, 2.24) is 20.3 Å². The molecule has 1 unspecified atom stereocenters. The number of nitrogens with one attached hydrogen (secondary N) is 2. The minimum atomic E-state index is -0.482. The van der Waals surface area contributed by atoms with E-state index in [1.165, 1.54) is 0 Å². The molecule has 2 aromatic heterocycles. The van der Waals surface area contributed by atoms with Crippen molar-refractivity contribution >= 4 is 23.2 Å². The number of carbonyl (C=O) groups excluding carboxylic acids is 1. The lowest BCUT2D eigenvalue weighted by Crippen LogP contribution is -2.42. The van der Waals surface area contributed by atoms with Crippen molar-refractivity contribution in [2.24, 2.45) is 0 Å². The van der Waals surface area contributed by atoms with Gasteiger partial charge in [-0.25, -0.2) is 9.78 Å². The number of aromatic nitrogens is 3. The van der Waals surface area contributed by atoms with Gasteiger partial charge in [-0.15, -0.1) is 0 Å². The summed E-state index contributed by atoms with van der Waals surface area (Å²) in [7, 11) is 0. The van der Waals surface area contributed by atoms with Crippen LogP contribution in [-0.4, -0.2) is 45.8 Å². The summed E-state index contributed by atoms with van der Waals surface area (Å²) in [5, 5.41) is 2.85. The first-order valence-corrected chi connectivity index (χ1v) is 7.96. The fourth-order valence-electron chi connectivity index (χ4n) is 2.81. The van der Waals surface area contributed by atoms with E-state index in [9.17, 15) is 4.79 Å². The highest BCUT2D eigenvalue weighted by Crippen LogP contribution is 2.24. The molecule has 7 nitrogen and oxygen atoms in total. The molecule has 2 aromatic rings. The Balaban J connectivity index is 1.65. The topological polar surface area (TPSA) is 83.1 Å². The first-order valence-electron chi connectivity index (χ1n) is 7.96. The average molecular weight is 317 g/mol. The van der Waals surface area contributed by atoms with Gasteiger partial charge in [0.2, 0.25) is 5.95 Å². The summed E-state index contributed by atoms with van der Waals surface area (Å²) < 4.78 is 5.28. The normalized spacial score (nSPS) is 18.4. The molecule has 0 bridgehead atoms. The first-order chi connectivity index (χ1) is 10.9. The standard InChI is InChI=1S/C16H23N5O2/c1-16(2,3)23-15(22)18-10-11-6-5-9-21(11)14-19-12-7-4-8-17-13(12)20-14/h4,7-8,11H,5-6,9-10H2,1-3H3,(H,18,22)(H,17,19,20). The van der Waals surface area contributed by atoms with Gasteiger partial charge in [-0.2, -0.15) is 4.98 Å². The van der Waals surface area contributed by atoms with Crippen LogP contribution < -0.4 is 10.2 Å². The van der Waals surface area contributed by atoms with Gasteiger partial charge in [-0.1, -0.05) is 0 Å². The minimum Gasteiger partial charge on any atom is -0.444 e. The predicted octanol–water partition coefficient (Wildman–Crippen LogP) is 2.45. The van der Waals surface area contributed by atoms with E-state index >= 15 is 0 Å². The van der Waals surface area contributed by atoms with Gasteiger partial charge < -0.3 is 19.9 Å². The molecule has 1 atom stereocenters. The molecular weight excluding hydrogens is 294 g/mol. The molecule has 1 fully saturated rings. The number of hydrogen-bond donors (Lipinski definition) is 2. The summed E-state index contributed by atoms with van der Waals surface area (Å²) in [5.74, 6) is 0.812. The largest absolute Gasteiger partial charge is 0.444 e. The fourth-order valence-corrected chi connectivity index (χ4v) is 2.81. The van der Waals surface area contributed by atoms with Gasteiger partial charge in [0.1, 0.15) is 5.60 Å². The van der Waals surface area contributed by atoms with Gasteiger partial charge in [0.25, 0.3) is 0 Å². The number of nitrogens with zero attached hydrogens (tertiary/aromatic N) is 3. The second kappa shape index (κ2) is 6.06. The number of imidazole rings is 1. The molecule has 0 aliphatic carbocycles. The van der Waals surface area contributed by atoms with Crippen LogP contribution in [0.15, 0.2) is 18.3 Å². The number of aromatic amines is 1. The molecule has 1 aliphatic heterocycles. The zero-order chi connectivity index (χ0) is 16.4. The second-order valence-corrected chi connectivity index (χ2v) is 6.81. The molecule has 7 heteroatoms. The number of carbonyl (C=O) groups is 1. The number of ether oxygens (including phenoxy) is 1. The highest BCUT2D eigenvalue weighted by atomic mass is 16.6. The van der Waals surface area contributed by atoms with Crippen LogP contribution in [0.5, 0.6) is 0 Å². The van der Waals surface area contributed by atoms with E-state index < -0.39 is 5.60 Å². The third kappa shape index (κ3) is 3.72. The second-order valence-electron chi connectivity index (χ2n) is 6.81. The molecule has 0 spiro atoms. The number of rotatable bonds is 3. The summed E-state index contributed by atoms with van der Waals surface area (Å²) in [6, 6.07) is 4.06. The molecular formula is C16H23N5O2. The number of pyridine rings is 1. The summed E-state index contributed by atoms with van der Waals surface area (Å²) in [4.78, 5) is 26.1. The smallest absolute Gasteiger partial charge is 0.407 e. The zero-order valence-corrected chi connectivity index (χ0v) is 13.8. The molecule has 1 amide bonds. The van der Waals surface area contributed by atoms with Gasteiger partial charge in [0.05, 0.1) is 5.52 Å². The van der Waals surface area contributed by atoms with Crippen LogP contribution in [0.4, 0.5) is 10.7 Å². The Bertz CT molecular complexity index is 658. The highest BCUT2D eigenvalue weighted by molar-refractivity contribution is 5.73. The fraction of sp³-hybridized carbons (Fsp3) is 0.562. The van der Waals surface area contributed by atoms with Crippen LogP contribution in [0.1, 0.15) is 33.6 Å². The minimum absolute atomic E-state index is 0.211. The number of anilines is 1. The number of hydrogen-bond acceptors (Lipinski definition) is 5. The lowest BCUT2D eigenvalue weighted by Gasteiger charge is -2.25. The monoisotopic (exact) mass is 317 g/mol. The Morgan fingerprint density at radius 1 is 1.52 bits per heavy atom. The Morgan fingerprint density at radius 3 is 3.09 bits per heavy atom. The molecule has 3 heterocycles. The van der Waals surface area contributed by atoms with E-state index in [1.54, 1.807) is 6.20 Å². The Kier molecular flexibility index (Phi) is 4.11. The van der Waals surface area contributed by atoms with Gasteiger partial charge in [-0.05, 0) is 45.7 Å². The van der Waals surface area contributed by atoms with Crippen molar-refractivity contribution in [3.05, 3.63) is 18.3 Å². The third-order valence-corrected chi connectivity index (χ3v) is 3.78. The first kappa shape index (κ1) is 15.6. The molecule has 3 rings (SSSR count). The van der Waals surface area contributed by atoms with E-state index in [0.29, 0.717) is 12.2 Å². The van der Waals surface area contributed by atoms with Crippen LogP contribution in [0, 0.1) is 0 Å². The van der Waals surface area contributed by atoms with Crippen molar-refractivity contribution in [3.8, 4) is 0 Å². The molecule has 0 radical (unpaired) electrons. The zero-order valence-electron chi connectivity index (χ0n) is 13.8. The third-order valence-electron chi connectivity index (χ3n) is 3.78. The van der Waals surface area contributed by atoms with E-state index in [4.69, 9.17) is 4.74 Å². The van der Waals surface area contributed by atoms with Crippen molar-refractivity contribution < 1.29 is 9.53 Å². The maximum Gasteiger partial charge on any atom is 0.407 e. The molecule has 1 saturated heterocycles. The SMILES string of the molecule is CC(C)(C)OC(=O)NCC1CCCN1c1nc2ncccc2[nH]1.